The zero-order valence-electron chi connectivity index (χ0n) is 10.4. The van der Waals surface area contributed by atoms with Gasteiger partial charge >= 0.3 is 5.51 Å². The molecule has 98 valence electrons. The fraction of sp³-hybridized carbons (Fsp3) is 0.429. The summed E-state index contributed by atoms with van der Waals surface area (Å²) in [5.74, 6) is 5.74. The first-order valence-corrected chi connectivity index (χ1v) is 6.59. The number of aryl methyl sites for hydroxylation is 1. The van der Waals surface area contributed by atoms with Crippen molar-refractivity contribution < 1.29 is 13.2 Å². The number of benzene rings is 1. The molecule has 0 N–H and O–H groups in total. The monoisotopic (exact) mass is 272 g/mol. The smallest absolute Gasteiger partial charge is 0.160 e. The highest BCUT2D eigenvalue weighted by atomic mass is 32.2. The number of halogens is 3. The fourth-order valence-corrected chi connectivity index (χ4v) is 2.09. The Kier molecular flexibility index (Phi) is 5.61. The first-order valence-electron chi connectivity index (χ1n) is 5.77. The number of thioether (sulfide) groups is 1. The Morgan fingerprint density at radius 3 is 2.61 bits per heavy atom. The Bertz CT molecular complexity index is 452. The zero-order chi connectivity index (χ0) is 13.6. The molecule has 0 saturated heterocycles. The second kappa shape index (κ2) is 6.75. The molecule has 0 amide bonds. The summed E-state index contributed by atoms with van der Waals surface area (Å²) in [6.07, 6.45) is 2.73. The average Bonchev–Trinajstić information content (AvgIpc) is 2.24. The van der Waals surface area contributed by atoms with Crippen LogP contribution in [0.2, 0.25) is 0 Å². The van der Waals surface area contributed by atoms with Gasteiger partial charge in [0.15, 0.2) is 0 Å². The van der Waals surface area contributed by atoms with Crippen molar-refractivity contribution in [2.75, 3.05) is 0 Å². The first kappa shape index (κ1) is 15.0. The molecule has 1 rings (SSSR count). The topological polar surface area (TPSA) is 0 Å². The van der Waals surface area contributed by atoms with Crippen molar-refractivity contribution in [1.29, 1.82) is 0 Å². The maximum absolute atomic E-state index is 12.4. The minimum absolute atomic E-state index is 0.0972. The number of unbranched alkanes of at least 4 members (excludes halogenated alkanes) is 2. The van der Waals surface area contributed by atoms with Crippen molar-refractivity contribution in [3.8, 4) is 11.8 Å². The lowest BCUT2D eigenvalue weighted by Crippen LogP contribution is -2.00. The van der Waals surface area contributed by atoms with E-state index in [0.717, 1.165) is 24.8 Å². The number of hydrogen-bond acceptors (Lipinski definition) is 1. The van der Waals surface area contributed by atoms with E-state index in [-0.39, 0.29) is 16.7 Å². The van der Waals surface area contributed by atoms with Crippen LogP contribution in [0.25, 0.3) is 0 Å². The summed E-state index contributed by atoms with van der Waals surface area (Å²) >= 11 is -0.0972. The molecule has 0 atom stereocenters. The van der Waals surface area contributed by atoms with Gasteiger partial charge in [-0.3, -0.25) is 0 Å². The van der Waals surface area contributed by atoms with Crippen LogP contribution in [-0.2, 0) is 0 Å². The van der Waals surface area contributed by atoms with Crippen LogP contribution in [-0.4, -0.2) is 5.51 Å². The zero-order valence-corrected chi connectivity index (χ0v) is 11.2. The minimum Gasteiger partial charge on any atom is -0.160 e. The van der Waals surface area contributed by atoms with Gasteiger partial charge < -0.3 is 0 Å². The molecule has 18 heavy (non-hydrogen) atoms. The lowest BCUT2D eigenvalue weighted by atomic mass is 10.1. The van der Waals surface area contributed by atoms with E-state index in [1.807, 2.05) is 0 Å². The molecule has 0 aliphatic heterocycles. The van der Waals surface area contributed by atoms with Gasteiger partial charge in [-0.15, -0.1) is 0 Å². The Labute approximate surface area is 110 Å². The molecule has 0 fully saturated rings. The van der Waals surface area contributed by atoms with Crippen molar-refractivity contribution in [3.05, 3.63) is 29.3 Å². The van der Waals surface area contributed by atoms with E-state index < -0.39 is 5.51 Å². The Morgan fingerprint density at radius 2 is 2.00 bits per heavy atom. The van der Waals surface area contributed by atoms with Crippen molar-refractivity contribution in [2.24, 2.45) is 0 Å². The number of alkyl halides is 3. The summed E-state index contributed by atoms with van der Waals surface area (Å²) in [5.41, 5.74) is -3.01. The van der Waals surface area contributed by atoms with Gasteiger partial charge in [0.05, 0.1) is 0 Å². The van der Waals surface area contributed by atoms with E-state index in [2.05, 4.69) is 18.8 Å². The molecule has 0 aliphatic carbocycles. The van der Waals surface area contributed by atoms with Gasteiger partial charge in [-0.05, 0) is 42.8 Å². The van der Waals surface area contributed by atoms with Crippen LogP contribution in [0, 0.1) is 18.8 Å². The van der Waals surface area contributed by atoms with E-state index in [1.165, 1.54) is 6.07 Å². The molecule has 0 saturated carbocycles. The van der Waals surface area contributed by atoms with Gasteiger partial charge in [0.25, 0.3) is 0 Å². The quantitative estimate of drug-likeness (QED) is 0.416. The van der Waals surface area contributed by atoms with Crippen LogP contribution >= 0.6 is 11.8 Å². The lowest BCUT2D eigenvalue weighted by Gasteiger charge is -2.08. The SMILES string of the molecule is CCCCC#Cc1ccc(C)cc1SC(F)(F)F. The normalized spacial score (nSPS) is 10.9. The molecule has 1 aromatic rings. The molecule has 0 unspecified atom stereocenters. The van der Waals surface area contributed by atoms with Crippen LogP contribution in [0.3, 0.4) is 0 Å². The average molecular weight is 272 g/mol. The molecule has 0 spiro atoms. The van der Waals surface area contributed by atoms with Crippen molar-refractivity contribution >= 4 is 11.8 Å². The van der Waals surface area contributed by atoms with E-state index >= 15 is 0 Å². The highest BCUT2D eigenvalue weighted by Crippen LogP contribution is 2.38. The van der Waals surface area contributed by atoms with Gasteiger partial charge in [0.1, 0.15) is 0 Å². The highest BCUT2D eigenvalue weighted by Gasteiger charge is 2.30. The van der Waals surface area contributed by atoms with Crippen LogP contribution < -0.4 is 0 Å². The summed E-state index contributed by atoms with van der Waals surface area (Å²) in [7, 11) is 0. The maximum Gasteiger partial charge on any atom is 0.446 e. The van der Waals surface area contributed by atoms with Crippen molar-refractivity contribution in [2.45, 2.75) is 43.5 Å². The molecular weight excluding hydrogens is 257 g/mol. The van der Waals surface area contributed by atoms with Gasteiger partial charge in [-0.1, -0.05) is 31.3 Å². The summed E-state index contributed by atoms with van der Waals surface area (Å²) in [6.45, 7) is 3.83. The molecule has 0 radical (unpaired) electrons. The van der Waals surface area contributed by atoms with Gasteiger partial charge in [0, 0.05) is 16.9 Å². The molecule has 0 nitrogen and oxygen atoms in total. The molecule has 0 bridgehead atoms. The van der Waals surface area contributed by atoms with E-state index in [0.29, 0.717) is 5.56 Å². The molecule has 0 heterocycles. The van der Waals surface area contributed by atoms with Crippen LogP contribution in [0.5, 0.6) is 0 Å². The Morgan fingerprint density at radius 1 is 1.28 bits per heavy atom. The fourth-order valence-electron chi connectivity index (χ4n) is 1.36. The van der Waals surface area contributed by atoms with Crippen LogP contribution in [0.15, 0.2) is 23.1 Å². The van der Waals surface area contributed by atoms with Crippen molar-refractivity contribution in [3.63, 3.8) is 0 Å². The van der Waals surface area contributed by atoms with Gasteiger partial charge in [-0.2, -0.15) is 13.2 Å². The predicted molar refractivity (Wildman–Crippen MR) is 69.5 cm³/mol. The Balaban J connectivity index is 2.92. The summed E-state index contributed by atoms with van der Waals surface area (Å²) < 4.78 is 37.2. The van der Waals surface area contributed by atoms with E-state index in [9.17, 15) is 13.2 Å². The standard InChI is InChI=1S/C14H15F3S/c1-3-4-5-6-7-12-9-8-11(2)10-13(12)18-14(15,16)17/h8-10H,3-5H2,1-2H3. The number of rotatable bonds is 3. The predicted octanol–water partition coefficient (Wildman–Crippen LogP) is 5.15. The molecule has 0 aliphatic rings. The summed E-state index contributed by atoms with van der Waals surface area (Å²) in [6, 6.07) is 4.97. The lowest BCUT2D eigenvalue weighted by molar-refractivity contribution is -0.0328. The van der Waals surface area contributed by atoms with Gasteiger partial charge in [-0.25, -0.2) is 0 Å². The van der Waals surface area contributed by atoms with Crippen molar-refractivity contribution in [1.82, 2.24) is 0 Å². The van der Waals surface area contributed by atoms with Gasteiger partial charge in [0.2, 0.25) is 0 Å². The highest BCUT2D eigenvalue weighted by molar-refractivity contribution is 8.00. The summed E-state index contributed by atoms with van der Waals surface area (Å²) in [4.78, 5) is 0.187. The number of hydrogen-bond donors (Lipinski definition) is 0. The van der Waals surface area contributed by atoms with E-state index in [1.54, 1.807) is 19.1 Å². The third-order valence-electron chi connectivity index (χ3n) is 2.24. The molecule has 1 aromatic carbocycles. The maximum atomic E-state index is 12.4. The second-order valence-corrected chi connectivity index (χ2v) is 5.06. The molecular formula is C14H15F3S. The Hall–Kier alpha value is -1.08. The van der Waals surface area contributed by atoms with E-state index in [4.69, 9.17) is 0 Å². The third kappa shape index (κ3) is 5.50. The first-order chi connectivity index (χ1) is 8.42. The van der Waals surface area contributed by atoms with Crippen LogP contribution in [0.4, 0.5) is 13.2 Å². The third-order valence-corrected chi connectivity index (χ3v) is 3.03. The van der Waals surface area contributed by atoms with Crippen LogP contribution in [0.1, 0.15) is 37.3 Å². The largest absolute Gasteiger partial charge is 0.446 e. The second-order valence-electron chi connectivity index (χ2n) is 3.95. The molecule has 0 aromatic heterocycles. The molecule has 4 heteroatoms. The summed E-state index contributed by atoms with van der Waals surface area (Å²) in [5, 5.41) is 0. The minimum atomic E-state index is -4.27.